The summed E-state index contributed by atoms with van der Waals surface area (Å²) in [5, 5.41) is 3.42. The lowest BCUT2D eigenvalue weighted by molar-refractivity contribution is 0.697. The quantitative estimate of drug-likeness (QED) is 0.789. The number of nitrogens with one attached hydrogen (secondary N) is 1. The van der Waals surface area contributed by atoms with Crippen LogP contribution >= 0.6 is 50.2 Å². The van der Waals surface area contributed by atoms with Gasteiger partial charge in [-0.1, -0.05) is 11.6 Å². The molecule has 2 aromatic rings. The zero-order chi connectivity index (χ0) is 11.4. The molecule has 0 spiro atoms. The molecule has 0 atom stereocenters. The molecule has 0 fully saturated rings. The van der Waals surface area contributed by atoms with Crippen LogP contribution in [-0.2, 0) is 13.0 Å². The van der Waals surface area contributed by atoms with Gasteiger partial charge in [-0.05, 0) is 46.6 Å². The fourth-order valence-corrected chi connectivity index (χ4v) is 3.90. The van der Waals surface area contributed by atoms with E-state index in [-0.39, 0.29) is 0 Å². The first-order chi connectivity index (χ1) is 7.74. The Hall–Kier alpha value is 0.130. The largest absolute Gasteiger partial charge is 0.311 e. The van der Waals surface area contributed by atoms with Gasteiger partial charge in [0.1, 0.15) is 0 Å². The molecular formula is C11H11BrClNS2. The summed E-state index contributed by atoms with van der Waals surface area (Å²) in [5.41, 5.74) is 0. The number of rotatable bonds is 5. The van der Waals surface area contributed by atoms with E-state index in [0.717, 1.165) is 23.8 Å². The number of thiophene rings is 2. The number of hydrogen-bond acceptors (Lipinski definition) is 3. The first-order valence-electron chi connectivity index (χ1n) is 4.93. The molecule has 0 aromatic carbocycles. The molecule has 2 aromatic heterocycles. The van der Waals surface area contributed by atoms with Crippen LogP contribution in [0.2, 0.25) is 4.34 Å². The Labute approximate surface area is 117 Å². The molecule has 2 rings (SSSR count). The Morgan fingerprint density at radius 1 is 1.12 bits per heavy atom. The van der Waals surface area contributed by atoms with Crippen LogP contribution in [0.25, 0.3) is 0 Å². The van der Waals surface area contributed by atoms with Gasteiger partial charge < -0.3 is 5.32 Å². The summed E-state index contributed by atoms with van der Waals surface area (Å²) in [6.07, 6.45) is 1.08. The van der Waals surface area contributed by atoms with E-state index in [0.29, 0.717) is 0 Å². The summed E-state index contributed by atoms with van der Waals surface area (Å²) in [7, 11) is 0. The Morgan fingerprint density at radius 3 is 2.56 bits per heavy atom. The molecular weight excluding hydrogens is 326 g/mol. The average molecular weight is 337 g/mol. The van der Waals surface area contributed by atoms with E-state index < -0.39 is 0 Å². The molecule has 5 heteroatoms. The summed E-state index contributed by atoms with van der Waals surface area (Å²) < 4.78 is 2.06. The summed E-state index contributed by atoms with van der Waals surface area (Å²) in [6, 6.07) is 8.28. The van der Waals surface area contributed by atoms with Crippen LogP contribution in [0.15, 0.2) is 28.1 Å². The third-order valence-corrected chi connectivity index (χ3v) is 5.02. The Bertz CT molecular complexity index is 410. The van der Waals surface area contributed by atoms with Gasteiger partial charge in [-0.25, -0.2) is 0 Å². The van der Waals surface area contributed by atoms with E-state index in [1.807, 2.05) is 6.07 Å². The molecule has 0 saturated carbocycles. The zero-order valence-electron chi connectivity index (χ0n) is 8.50. The van der Waals surface area contributed by atoms with E-state index in [9.17, 15) is 0 Å². The Kier molecular flexibility index (Phi) is 4.85. The fraction of sp³-hybridized carbons (Fsp3) is 0.273. The minimum atomic E-state index is 0.860. The van der Waals surface area contributed by atoms with Crippen molar-refractivity contribution >= 4 is 50.2 Å². The topological polar surface area (TPSA) is 12.0 Å². The highest BCUT2D eigenvalue weighted by Gasteiger charge is 1.99. The predicted molar refractivity (Wildman–Crippen MR) is 76.8 cm³/mol. The van der Waals surface area contributed by atoms with Crippen molar-refractivity contribution in [1.29, 1.82) is 0 Å². The van der Waals surface area contributed by atoms with Crippen LogP contribution in [0.1, 0.15) is 9.75 Å². The molecule has 16 heavy (non-hydrogen) atoms. The average Bonchev–Trinajstić information content (AvgIpc) is 2.83. The van der Waals surface area contributed by atoms with Crippen molar-refractivity contribution in [2.24, 2.45) is 0 Å². The maximum absolute atomic E-state index is 5.86. The second kappa shape index (κ2) is 6.17. The standard InChI is InChI=1S/C11H11BrClNS2/c12-10-3-1-8(15-10)5-6-14-7-9-2-4-11(13)16-9/h1-4,14H,5-7H2. The van der Waals surface area contributed by atoms with Gasteiger partial charge >= 0.3 is 0 Å². The second-order valence-corrected chi connectivity index (χ2v) is 7.69. The third-order valence-electron chi connectivity index (χ3n) is 2.11. The lowest BCUT2D eigenvalue weighted by Crippen LogP contribution is -2.15. The molecule has 0 aliphatic carbocycles. The van der Waals surface area contributed by atoms with E-state index in [1.54, 1.807) is 22.7 Å². The third kappa shape index (κ3) is 3.86. The maximum atomic E-state index is 5.86. The molecule has 0 radical (unpaired) electrons. The summed E-state index contributed by atoms with van der Waals surface area (Å²) >= 11 is 12.8. The molecule has 2 heterocycles. The first-order valence-corrected chi connectivity index (χ1v) is 7.73. The maximum Gasteiger partial charge on any atom is 0.0931 e. The van der Waals surface area contributed by atoms with Gasteiger partial charge in [-0.15, -0.1) is 22.7 Å². The highest BCUT2D eigenvalue weighted by molar-refractivity contribution is 9.11. The Balaban J connectivity index is 1.69. The van der Waals surface area contributed by atoms with Gasteiger partial charge in [0.15, 0.2) is 0 Å². The highest BCUT2D eigenvalue weighted by atomic mass is 79.9. The van der Waals surface area contributed by atoms with Crippen molar-refractivity contribution in [3.05, 3.63) is 42.1 Å². The van der Waals surface area contributed by atoms with Crippen LogP contribution < -0.4 is 5.32 Å². The molecule has 0 aliphatic heterocycles. The molecule has 0 unspecified atom stereocenters. The normalized spacial score (nSPS) is 10.9. The van der Waals surface area contributed by atoms with E-state index >= 15 is 0 Å². The van der Waals surface area contributed by atoms with Crippen molar-refractivity contribution in [3.8, 4) is 0 Å². The Morgan fingerprint density at radius 2 is 1.94 bits per heavy atom. The zero-order valence-corrected chi connectivity index (χ0v) is 12.5. The van der Waals surface area contributed by atoms with Gasteiger partial charge in [0, 0.05) is 22.8 Å². The molecule has 0 amide bonds. The minimum absolute atomic E-state index is 0.860. The first kappa shape index (κ1) is 12.6. The lowest BCUT2D eigenvalue weighted by Gasteiger charge is -2.00. The minimum Gasteiger partial charge on any atom is -0.311 e. The number of hydrogen-bond donors (Lipinski definition) is 1. The number of halogens is 2. The molecule has 86 valence electrons. The van der Waals surface area contributed by atoms with Gasteiger partial charge in [0.05, 0.1) is 8.12 Å². The lowest BCUT2D eigenvalue weighted by atomic mass is 10.3. The molecule has 1 nitrogen and oxygen atoms in total. The van der Waals surface area contributed by atoms with E-state index in [4.69, 9.17) is 11.6 Å². The van der Waals surface area contributed by atoms with Crippen LogP contribution in [0.4, 0.5) is 0 Å². The highest BCUT2D eigenvalue weighted by Crippen LogP contribution is 2.22. The molecule has 1 N–H and O–H groups in total. The van der Waals surface area contributed by atoms with Crippen molar-refractivity contribution in [2.75, 3.05) is 6.54 Å². The van der Waals surface area contributed by atoms with Gasteiger partial charge in [0.25, 0.3) is 0 Å². The fourth-order valence-electron chi connectivity index (χ4n) is 1.36. The van der Waals surface area contributed by atoms with Gasteiger partial charge in [-0.2, -0.15) is 0 Å². The molecule has 0 bridgehead atoms. The van der Waals surface area contributed by atoms with E-state index in [2.05, 4.69) is 39.4 Å². The van der Waals surface area contributed by atoms with Crippen LogP contribution in [-0.4, -0.2) is 6.54 Å². The predicted octanol–water partition coefficient (Wildman–Crippen LogP) is 4.56. The monoisotopic (exact) mass is 335 g/mol. The summed E-state index contributed by atoms with van der Waals surface area (Å²) in [5.74, 6) is 0. The van der Waals surface area contributed by atoms with Crippen molar-refractivity contribution in [3.63, 3.8) is 0 Å². The van der Waals surface area contributed by atoms with Crippen LogP contribution in [0, 0.1) is 0 Å². The molecule has 0 aliphatic rings. The van der Waals surface area contributed by atoms with Gasteiger partial charge in [0.2, 0.25) is 0 Å². The van der Waals surface area contributed by atoms with Crippen molar-refractivity contribution < 1.29 is 0 Å². The van der Waals surface area contributed by atoms with E-state index in [1.165, 1.54) is 13.5 Å². The smallest absolute Gasteiger partial charge is 0.0931 e. The van der Waals surface area contributed by atoms with Crippen LogP contribution in [0.5, 0.6) is 0 Å². The second-order valence-electron chi connectivity index (χ2n) is 3.34. The summed E-state index contributed by atoms with van der Waals surface area (Å²) in [6.45, 7) is 1.91. The molecule has 0 saturated heterocycles. The van der Waals surface area contributed by atoms with Crippen molar-refractivity contribution in [1.82, 2.24) is 5.32 Å². The van der Waals surface area contributed by atoms with Crippen molar-refractivity contribution in [2.45, 2.75) is 13.0 Å². The van der Waals surface area contributed by atoms with Crippen LogP contribution in [0.3, 0.4) is 0 Å². The summed E-state index contributed by atoms with van der Waals surface area (Å²) in [4.78, 5) is 2.70. The SMILES string of the molecule is Clc1ccc(CNCCc2ccc(Br)s2)s1. The van der Waals surface area contributed by atoms with Gasteiger partial charge in [-0.3, -0.25) is 0 Å².